The van der Waals surface area contributed by atoms with Gasteiger partial charge in [-0.3, -0.25) is 4.79 Å². The molecule has 2 rings (SSSR count). The molecule has 2 aromatic rings. The molecule has 23 heavy (non-hydrogen) atoms. The highest BCUT2D eigenvalue weighted by Gasteiger charge is 2.24. The van der Waals surface area contributed by atoms with Gasteiger partial charge in [-0.05, 0) is 26.0 Å². The monoisotopic (exact) mass is 316 g/mol. The van der Waals surface area contributed by atoms with Gasteiger partial charge in [0.15, 0.2) is 12.1 Å². The number of ether oxygens (including phenoxy) is 1. The maximum atomic E-state index is 12.6. The Morgan fingerprint density at radius 3 is 2.65 bits per heavy atom. The van der Waals surface area contributed by atoms with E-state index >= 15 is 0 Å². The number of rotatable bonds is 5. The Morgan fingerprint density at radius 2 is 2.00 bits per heavy atom. The molecule has 0 N–H and O–H groups in total. The van der Waals surface area contributed by atoms with Gasteiger partial charge in [0.05, 0.1) is 17.4 Å². The third-order valence-electron chi connectivity index (χ3n) is 3.30. The molecule has 1 aromatic heterocycles. The van der Waals surface area contributed by atoms with Crippen molar-refractivity contribution in [2.75, 3.05) is 11.9 Å². The molecule has 0 aliphatic rings. The molecule has 0 saturated carbocycles. The van der Waals surface area contributed by atoms with Crippen LogP contribution in [0.1, 0.15) is 47.4 Å². The van der Waals surface area contributed by atoms with Crippen LogP contribution in [0.2, 0.25) is 0 Å². The molecular weight excluding hydrogens is 296 g/mol. The number of hydrogen-bond donors (Lipinski definition) is 0. The van der Waals surface area contributed by atoms with Crippen LogP contribution in [-0.2, 0) is 11.2 Å². The van der Waals surface area contributed by atoms with E-state index in [1.165, 1.54) is 11.3 Å². The highest BCUT2D eigenvalue weighted by molar-refractivity contribution is 6.08. The number of nitrogens with zero attached hydrogens (tertiary/aromatic N) is 2. The first kappa shape index (κ1) is 16.7. The quantitative estimate of drug-likeness (QED) is 0.793. The van der Waals surface area contributed by atoms with E-state index in [0.717, 1.165) is 0 Å². The molecule has 0 aliphatic carbocycles. The van der Waals surface area contributed by atoms with Crippen molar-refractivity contribution >= 4 is 17.6 Å². The van der Waals surface area contributed by atoms with Gasteiger partial charge in [0.25, 0.3) is 5.91 Å². The van der Waals surface area contributed by atoms with E-state index in [0.29, 0.717) is 23.4 Å². The highest BCUT2D eigenvalue weighted by atomic mass is 16.5. The number of carbonyl (C=O) groups excluding carboxylic acids is 2. The maximum Gasteiger partial charge on any atom is 0.340 e. The van der Waals surface area contributed by atoms with Crippen LogP contribution in [0.25, 0.3) is 0 Å². The van der Waals surface area contributed by atoms with Crippen molar-refractivity contribution in [3.8, 4) is 0 Å². The van der Waals surface area contributed by atoms with E-state index in [1.807, 2.05) is 6.92 Å². The van der Waals surface area contributed by atoms with Gasteiger partial charge in [-0.25, -0.2) is 9.78 Å². The zero-order valence-corrected chi connectivity index (χ0v) is 13.7. The lowest BCUT2D eigenvalue weighted by molar-refractivity contribution is 0.0379. The molecule has 1 aromatic carbocycles. The number of aromatic nitrogens is 1. The van der Waals surface area contributed by atoms with Gasteiger partial charge in [0, 0.05) is 13.5 Å². The molecule has 0 fully saturated rings. The minimum atomic E-state index is -0.467. The predicted molar refractivity (Wildman–Crippen MR) is 85.6 cm³/mol. The van der Waals surface area contributed by atoms with Gasteiger partial charge in [0.1, 0.15) is 5.76 Å². The van der Waals surface area contributed by atoms with Crippen molar-refractivity contribution in [3.05, 3.63) is 47.7 Å². The zero-order chi connectivity index (χ0) is 17.0. The maximum absolute atomic E-state index is 12.6. The van der Waals surface area contributed by atoms with Crippen LogP contribution in [-0.4, -0.2) is 30.0 Å². The van der Waals surface area contributed by atoms with Crippen molar-refractivity contribution in [3.63, 3.8) is 0 Å². The summed E-state index contributed by atoms with van der Waals surface area (Å²) in [5.74, 6) is -0.282. The first-order chi connectivity index (χ1) is 11.0. The third kappa shape index (κ3) is 3.59. The van der Waals surface area contributed by atoms with Gasteiger partial charge < -0.3 is 14.1 Å². The van der Waals surface area contributed by atoms with Gasteiger partial charge in [0.2, 0.25) is 0 Å². The van der Waals surface area contributed by atoms with E-state index in [9.17, 15) is 9.59 Å². The molecule has 1 heterocycles. The Morgan fingerprint density at radius 1 is 1.30 bits per heavy atom. The molecule has 6 nitrogen and oxygen atoms in total. The highest BCUT2D eigenvalue weighted by Crippen LogP contribution is 2.23. The summed E-state index contributed by atoms with van der Waals surface area (Å²) in [7, 11) is 1.60. The molecule has 1 amide bonds. The Bertz CT molecular complexity index is 706. The second-order valence-corrected chi connectivity index (χ2v) is 5.31. The number of esters is 1. The van der Waals surface area contributed by atoms with Gasteiger partial charge in [-0.1, -0.05) is 19.1 Å². The van der Waals surface area contributed by atoms with Crippen molar-refractivity contribution < 1.29 is 18.7 Å². The topological polar surface area (TPSA) is 72.6 Å². The van der Waals surface area contributed by atoms with Gasteiger partial charge in [-0.2, -0.15) is 0 Å². The van der Waals surface area contributed by atoms with Crippen LogP contribution in [0.15, 0.2) is 35.1 Å². The summed E-state index contributed by atoms with van der Waals surface area (Å²) in [4.78, 5) is 30.2. The molecule has 0 aliphatic heterocycles. The molecule has 0 bridgehead atoms. The van der Waals surface area contributed by atoms with E-state index in [-0.39, 0.29) is 17.7 Å². The number of para-hydroxylation sites is 1. The second kappa shape index (κ2) is 7.09. The fourth-order valence-electron chi connectivity index (χ4n) is 2.18. The Balaban J connectivity index is 2.34. The number of benzene rings is 1. The molecule has 0 atom stereocenters. The van der Waals surface area contributed by atoms with Crippen LogP contribution >= 0.6 is 0 Å². The first-order valence-electron chi connectivity index (χ1n) is 7.46. The average Bonchev–Trinajstić information content (AvgIpc) is 3.01. The van der Waals surface area contributed by atoms with E-state index in [1.54, 1.807) is 45.2 Å². The predicted octanol–water partition coefficient (Wildman–Crippen LogP) is 3.08. The Kier molecular flexibility index (Phi) is 5.16. The SMILES string of the molecule is CCc1ocnc1C(=O)N(C)c1ccccc1C(=O)OC(C)C. The number of aryl methyl sites for hydroxylation is 1. The number of amides is 1. The summed E-state index contributed by atoms with van der Waals surface area (Å²) in [6.45, 7) is 5.43. The van der Waals surface area contributed by atoms with Crippen molar-refractivity contribution in [1.29, 1.82) is 0 Å². The van der Waals surface area contributed by atoms with Crippen LogP contribution in [0.3, 0.4) is 0 Å². The summed E-state index contributed by atoms with van der Waals surface area (Å²) in [6, 6.07) is 6.81. The fourth-order valence-corrected chi connectivity index (χ4v) is 2.18. The van der Waals surface area contributed by atoms with Crippen LogP contribution in [0.4, 0.5) is 5.69 Å². The molecule has 0 saturated heterocycles. The number of anilines is 1. The summed E-state index contributed by atoms with van der Waals surface area (Å²) >= 11 is 0. The molecule has 0 radical (unpaired) electrons. The fraction of sp³-hybridized carbons (Fsp3) is 0.353. The van der Waals surface area contributed by atoms with E-state index in [4.69, 9.17) is 9.15 Å². The second-order valence-electron chi connectivity index (χ2n) is 5.31. The lowest BCUT2D eigenvalue weighted by atomic mass is 10.1. The molecule has 122 valence electrons. The first-order valence-corrected chi connectivity index (χ1v) is 7.46. The van der Waals surface area contributed by atoms with Crippen LogP contribution in [0.5, 0.6) is 0 Å². The normalized spacial score (nSPS) is 10.7. The molecular formula is C17H20N2O4. The Hall–Kier alpha value is -2.63. The lowest BCUT2D eigenvalue weighted by Crippen LogP contribution is -2.29. The third-order valence-corrected chi connectivity index (χ3v) is 3.30. The Labute approximate surface area is 135 Å². The average molecular weight is 316 g/mol. The zero-order valence-electron chi connectivity index (χ0n) is 13.7. The summed E-state index contributed by atoms with van der Waals surface area (Å²) in [5.41, 5.74) is 1.05. The molecule has 6 heteroatoms. The van der Waals surface area contributed by atoms with Gasteiger partial charge >= 0.3 is 5.97 Å². The largest absolute Gasteiger partial charge is 0.459 e. The summed E-state index contributed by atoms with van der Waals surface area (Å²) in [5, 5.41) is 0. The van der Waals surface area contributed by atoms with Crippen LogP contribution < -0.4 is 4.90 Å². The number of oxazole rings is 1. The van der Waals surface area contributed by atoms with Crippen molar-refractivity contribution in [1.82, 2.24) is 4.98 Å². The molecule has 0 spiro atoms. The minimum absolute atomic E-state index is 0.237. The lowest BCUT2D eigenvalue weighted by Gasteiger charge is -2.20. The summed E-state index contributed by atoms with van der Waals surface area (Å²) in [6.07, 6.45) is 1.57. The van der Waals surface area contributed by atoms with E-state index in [2.05, 4.69) is 4.98 Å². The number of hydrogen-bond acceptors (Lipinski definition) is 5. The summed E-state index contributed by atoms with van der Waals surface area (Å²) < 4.78 is 10.4. The standard InChI is InChI=1S/C17H20N2O4/c1-5-14-15(18-10-22-14)16(20)19(4)13-9-7-6-8-12(13)17(21)23-11(2)3/h6-11H,5H2,1-4H3. The van der Waals surface area contributed by atoms with Crippen LogP contribution in [0, 0.1) is 0 Å². The minimum Gasteiger partial charge on any atom is -0.459 e. The van der Waals surface area contributed by atoms with E-state index < -0.39 is 5.97 Å². The van der Waals surface area contributed by atoms with Crippen molar-refractivity contribution in [2.45, 2.75) is 33.3 Å². The molecule has 0 unspecified atom stereocenters. The van der Waals surface area contributed by atoms with Gasteiger partial charge in [-0.15, -0.1) is 0 Å². The number of carbonyl (C=O) groups is 2. The van der Waals surface area contributed by atoms with Crippen molar-refractivity contribution in [2.24, 2.45) is 0 Å². The smallest absolute Gasteiger partial charge is 0.340 e.